The molecule has 1 amide bonds. The first-order chi connectivity index (χ1) is 17.4. The van der Waals surface area contributed by atoms with Crippen molar-refractivity contribution < 1.29 is 4.79 Å². The van der Waals surface area contributed by atoms with Crippen LogP contribution in [0.15, 0.2) is 109 Å². The Labute approximate surface area is 215 Å². The molecule has 2 heteroatoms. The molecule has 0 aromatic heterocycles. The number of anilines is 1. The Morgan fingerprint density at radius 1 is 0.778 bits per heavy atom. The first kappa shape index (κ1) is 24.1. The normalized spacial score (nSPS) is 16.9. The van der Waals surface area contributed by atoms with Crippen LogP contribution >= 0.6 is 0 Å². The zero-order valence-corrected chi connectivity index (χ0v) is 21.7. The second-order valence-corrected chi connectivity index (χ2v) is 10.6. The Morgan fingerprint density at radius 3 is 1.69 bits per heavy atom. The van der Waals surface area contributed by atoms with E-state index in [0.717, 1.165) is 12.1 Å². The van der Waals surface area contributed by atoms with Crippen LogP contribution in [0.1, 0.15) is 74.3 Å². The summed E-state index contributed by atoms with van der Waals surface area (Å²) in [6, 6.07) is 39.2. The molecule has 0 spiro atoms. The maximum atomic E-state index is 13.1. The van der Waals surface area contributed by atoms with Gasteiger partial charge in [-0.2, -0.15) is 0 Å². The monoisotopic (exact) mass is 473 g/mol. The Bertz CT molecular complexity index is 1250. The van der Waals surface area contributed by atoms with E-state index >= 15 is 0 Å². The van der Waals surface area contributed by atoms with E-state index in [1.165, 1.54) is 27.8 Å². The summed E-state index contributed by atoms with van der Waals surface area (Å²) in [7, 11) is 0. The van der Waals surface area contributed by atoms with E-state index in [2.05, 4.69) is 130 Å². The van der Waals surface area contributed by atoms with Crippen molar-refractivity contribution >= 4 is 11.6 Å². The molecule has 36 heavy (non-hydrogen) atoms. The number of hydrogen-bond donors (Lipinski definition) is 0. The van der Waals surface area contributed by atoms with Crippen LogP contribution in [0.4, 0.5) is 5.69 Å². The lowest BCUT2D eigenvalue weighted by atomic mass is 9.64. The van der Waals surface area contributed by atoms with Gasteiger partial charge in [0.05, 0.1) is 5.41 Å². The molecule has 0 N–H and O–H groups in total. The highest BCUT2D eigenvalue weighted by Gasteiger charge is 2.42. The first-order valence-electron chi connectivity index (χ1n) is 13.0. The van der Waals surface area contributed by atoms with E-state index in [-0.39, 0.29) is 11.4 Å². The lowest BCUT2D eigenvalue weighted by Crippen LogP contribution is -2.51. The van der Waals surface area contributed by atoms with Crippen molar-refractivity contribution in [1.29, 1.82) is 0 Å². The summed E-state index contributed by atoms with van der Waals surface area (Å²) in [5.74, 6) is 0.525. The van der Waals surface area contributed by atoms with Crippen LogP contribution in [0, 0.1) is 0 Å². The average molecular weight is 474 g/mol. The van der Waals surface area contributed by atoms with Crippen molar-refractivity contribution in [2.24, 2.45) is 0 Å². The predicted octanol–water partition coefficient (Wildman–Crippen LogP) is 8.10. The van der Waals surface area contributed by atoms with Gasteiger partial charge in [-0.3, -0.25) is 4.79 Å². The minimum atomic E-state index is -0.481. The Morgan fingerprint density at radius 2 is 1.25 bits per heavy atom. The standard InChI is InChI=1S/C34H35NO/c1-5-32(36)35-31-22-21-29(23-30(31)25(2)24-33(35,3)4)34(26-15-9-6-10-16-26,27-17-11-7-12-18-27)28-19-13-8-14-20-28/h6-23,25H,5,24H2,1-4H3/t25-/m0/s1. The van der Waals surface area contributed by atoms with E-state index < -0.39 is 5.41 Å². The summed E-state index contributed by atoms with van der Waals surface area (Å²) in [6.45, 7) is 8.63. The van der Waals surface area contributed by atoms with Crippen LogP contribution in [-0.2, 0) is 10.2 Å². The third kappa shape index (κ3) is 3.86. The molecule has 0 radical (unpaired) electrons. The van der Waals surface area contributed by atoms with Gasteiger partial charge >= 0.3 is 0 Å². The highest BCUT2D eigenvalue weighted by molar-refractivity contribution is 5.96. The molecule has 0 unspecified atom stereocenters. The van der Waals surface area contributed by atoms with Gasteiger partial charge in [-0.15, -0.1) is 0 Å². The van der Waals surface area contributed by atoms with Crippen LogP contribution < -0.4 is 4.90 Å². The van der Waals surface area contributed by atoms with Crippen molar-refractivity contribution in [3.8, 4) is 0 Å². The van der Waals surface area contributed by atoms with Gasteiger partial charge in [-0.25, -0.2) is 0 Å². The van der Waals surface area contributed by atoms with Gasteiger partial charge in [0.1, 0.15) is 0 Å². The number of rotatable bonds is 5. The van der Waals surface area contributed by atoms with Crippen molar-refractivity contribution in [2.45, 2.75) is 57.4 Å². The second-order valence-electron chi connectivity index (χ2n) is 10.6. The van der Waals surface area contributed by atoms with E-state index in [1.807, 2.05) is 11.8 Å². The van der Waals surface area contributed by atoms with E-state index in [1.54, 1.807) is 0 Å². The lowest BCUT2D eigenvalue weighted by molar-refractivity contribution is -0.119. The molecule has 4 aromatic rings. The number of carbonyl (C=O) groups is 1. The van der Waals surface area contributed by atoms with Gasteiger partial charge in [0.15, 0.2) is 0 Å². The predicted molar refractivity (Wildman–Crippen MR) is 150 cm³/mol. The molecule has 0 fully saturated rings. The molecule has 4 aromatic carbocycles. The number of benzene rings is 4. The molecular formula is C34H35NO. The maximum Gasteiger partial charge on any atom is 0.227 e. The molecule has 182 valence electrons. The summed E-state index contributed by atoms with van der Waals surface area (Å²) in [6.07, 6.45) is 1.44. The fourth-order valence-electron chi connectivity index (χ4n) is 6.36. The maximum absolute atomic E-state index is 13.1. The molecule has 0 saturated carbocycles. The third-order valence-corrected chi connectivity index (χ3v) is 7.82. The average Bonchev–Trinajstić information content (AvgIpc) is 2.90. The Hall–Kier alpha value is -3.65. The van der Waals surface area contributed by atoms with Gasteiger partial charge in [0.2, 0.25) is 5.91 Å². The topological polar surface area (TPSA) is 20.3 Å². The summed E-state index contributed by atoms with van der Waals surface area (Å²) in [5.41, 5.74) is 6.52. The molecule has 1 atom stereocenters. The fourth-order valence-corrected chi connectivity index (χ4v) is 6.36. The molecule has 5 rings (SSSR count). The van der Waals surface area contributed by atoms with Crippen LogP contribution in [0.25, 0.3) is 0 Å². The van der Waals surface area contributed by atoms with Gasteiger partial charge < -0.3 is 4.90 Å². The molecule has 1 aliphatic heterocycles. The highest BCUT2D eigenvalue weighted by atomic mass is 16.2. The molecule has 0 bridgehead atoms. The van der Waals surface area contributed by atoms with Gasteiger partial charge in [-0.05, 0) is 60.1 Å². The number of fused-ring (bicyclic) bond motifs is 1. The third-order valence-electron chi connectivity index (χ3n) is 7.82. The highest BCUT2D eigenvalue weighted by Crippen LogP contribution is 2.49. The zero-order valence-electron chi connectivity index (χ0n) is 21.7. The lowest BCUT2D eigenvalue weighted by Gasteiger charge is -2.47. The SMILES string of the molecule is CCC(=O)N1c2ccc(C(c3ccccc3)(c3ccccc3)c3ccccc3)cc2[C@@H](C)CC1(C)C. The minimum absolute atomic E-state index is 0.182. The molecular weight excluding hydrogens is 438 g/mol. The summed E-state index contributed by atoms with van der Waals surface area (Å²) >= 11 is 0. The van der Waals surface area contributed by atoms with Crippen LogP contribution in [0.5, 0.6) is 0 Å². The van der Waals surface area contributed by atoms with Gasteiger partial charge in [0.25, 0.3) is 0 Å². The van der Waals surface area contributed by atoms with E-state index in [9.17, 15) is 4.79 Å². The Kier molecular flexibility index (Phi) is 6.30. The molecule has 2 nitrogen and oxygen atoms in total. The smallest absolute Gasteiger partial charge is 0.227 e. The number of hydrogen-bond acceptors (Lipinski definition) is 1. The Balaban J connectivity index is 1.83. The molecule has 0 saturated heterocycles. The minimum Gasteiger partial charge on any atom is -0.307 e. The molecule has 1 heterocycles. The van der Waals surface area contributed by atoms with Gasteiger partial charge in [-0.1, -0.05) is 117 Å². The van der Waals surface area contributed by atoms with E-state index in [0.29, 0.717) is 12.3 Å². The van der Waals surface area contributed by atoms with E-state index in [4.69, 9.17) is 0 Å². The summed E-state index contributed by atoms with van der Waals surface area (Å²) < 4.78 is 0. The van der Waals surface area contributed by atoms with Crippen LogP contribution in [0.2, 0.25) is 0 Å². The quantitative estimate of drug-likeness (QED) is 0.268. The van der Waals surface area contributed by atoms with Crippen molar-refractivity contribution in [3.05, 3.63) is 137 Å². The molecule has 1 aliphatic rings. The van der Waals surface area contributed by atoms with Gasteiger partial charge in [0, 0.05) is 17.6 Å². The van der Waals surface area contributed by atoms with Crippen LogP contribution in [0.3, 0.4) is 0 Å². The fraction of sp³-hybridized carbons (Fsp3) is 0.265. The van der Waals surface area contributed by atoms with Crippen molar-refractivity contribution in [3.63, 3.8) is 0 Å². The van der Waals surface area contributed by atoms with Crippen molar-refractivity contribution in [2.75, 3.05) is 4.90 Å². The second kappa shape index (κ2) is 9.43. The number of amides is 1. The summed E-state index contributed by atoms with van der Waals surface area (Å²) in [4.78, 5) is 15.2. The molecule has 0 aliphatic carbocycles. The summed E-state index contributed by atoms with van der Waals surface area (Å²) in [5, 5.41) is 0. The number of nitrogens with zero attached hydrogens (tertiary/aromatic N) is 1. The van der Waals surface area contributed by atoms with Crippen molar-refractivity contribution in [1.82, 2.24) is 0 Å². The van der Waals surface area contributed by atoms with Crippen LogP contribution in [-0.4, -0.2) is 11.4 Å². The first-order valence-corrected chi connectivity index (χ1v) is 13.0. The number of carbonyl (C=O) groups excluding carboxylic acids is 1. The zero-order chi connectivity index (χ0) is 25.3. The largest absolute Gasteiger partial charge is 0.307 e.